The summed E-state index contributed by atoms with van der Waals surface area (Å²) in [6, 6.07) is 5.66. The van der Waals surface area contributed by atoms with Gasteiger partial charge in [-0.05, 0) is 59.9 Å². The Kier molecular flexibility index (Phi) is 5.82. The quantitative estimate of drug-likeness (QED) is 0.860. The molecule has 21 heavy (non-hydrogen) atoms. The Balaban J connectivity index is 2.40. The van der Waals surface area contributed by atoms with Crippen LogP contribution in [-0.4, -0.2) is 32.4 Å². The van der Waals surface area contributed by atoms with Crippen molar-refractivity contribution in [3.8, 4) is 0 Å². The minimum absolute atomic E-state index is 0.128. The number of nitrogens with one attached hydrogen (secondary N) is 1. The van der Waals surface area contributed by atoms with Crippen LogP contribution in [-0.2, 0) is 16.6 Å². The zero-order chi connectivity index (χ0) is 15.5. The molecule has 1 aliphatic heterocycles. The maximum Gasteiger partial charge on any atom is 0.244 e. The lowest BCUT2D eigenvalue weighted by Gasteiger charge is -2.34. The molecule has 1 aliphatic rings. The molecule has 1 heterocycles. The fraction of sp³-hybridized carbons (Fsp3) is 0.600. The third-order valence-corrected chi connectivity index (χ3v) is 6.95. The van der Waals surface area contributed by atoms with Crippen LogP contribution in [0.1, 0.15) is 38.2 Å². The minimum Gasteiger partial charge on any atom is -0.316 e. The van der Waals surface area contributed by atoms with Crippen LogP contribution in [0.5, 0.6) is 0 Å². The molecule has 1 unspecified atom stereocenters. The Morgan fingerprint density at radius 2 is 2.14 bits per heavy atom. The number of halogens is 1. The summed E-state index contributed by atoms with van der Waals surface area (Å²) >= 11 is 3.40. The van der Waals surface area contributed by atoms with Gasteiger partial charge < -0.3 is 5.32 Å². The molecule has 0 spiro atoms. The summed E-state index contributed by atoms with van der Waals surface area (Å²) in [7, 11) is -1.58. The highest BCUT2D eigenvalue weighted by atomic mass is 79.9. The van der Waals surface area contributed by atoms with E-state index in [1.54, 1.807) is 10.4 Å². The third-order valence-electron chi connectivity index (χ3n) is 4.01. The summed E-state index contributed by atoms with van der Waals surface area (Å²) < 4.78 is 28.4. The first-order valence-electron chi connectivity index (χ1n) is 7.45. The van der Waals surface area contributed by atoms with E-state index in [2.05, 4.69) is 28.2 Å². The van der Waals surface area contributed by atoms with Crippen molar-refractivity contribution in [2.24, 2.45) is 0 Å². The lowest BCUT2D eigenvalue weighted by molar-refractivity contribution is 0.246. The Labute approximate surface area is 136 Å². The second-order valence-electron chi connectivity index (χ2n) is 5.47. The highest BCUT2D eigenvalue weighted by Gasteiger charge is 2.33. The molecular weight excluding hydrogens is 352 g/mol. The summed E-state index contributed by atoms with van der Waals surface area (Å²) in [6.45, 7) is 3.35. The van der Waals surface area contributed by atoms with Crippen LogP contribution in [0.25, 0.3) is 0 Å². The Bertz CT molecular complexity index is 589. The lowest BCUT2D eigenvalue weighted by Crippen LogP contribution is -2.43. The predicted molar refractivity (Wildman–Crippen MR) is 88.7 cm³/mol. The smallest absolute Gasteiger partial charge is 0.244 e. The van der Waals surface area contributed by atoms with E-state index in [0.29, 0.717) is 22.5 Å². The van der Waals surface area contributed by atoms with Gasteiger partial charge in [0, 0.05) is 23.6 Å². The number of nitrogens with zero attached hydrogens (tertiary/aromatic N) is 1. The van der Waals surface area contributed by atoms with Gasteiger partial charge in [0.15, 0.2) is 0 Å². The van der Waals surface area contributed by atoms with Crippen LogP contribution in [0.2, 0.25) is 0 Å². The van der Waals surface area contributed by atoms with E-state index in [1.807, 2.05) is 19.2 Å². The molecule has 0 aromatic heterocycles. The number of piperidine rings is 1. The highest BCUT2D eigenvalue weighted by Crippen LogP contribution is 2.31. The maximum absolute atomic E-state index is 13.0. The number of hydrogen-bond donors (Lipinski definition) is 1. The fourth-order valence-corrected chi connectivity index (χ4v) is 5.63. The van der Waals surface area contributed by atoms with Crippen LogP contribution >= 0.6 is 15.9 Å². The molecule has 6 heteroatoms. The van der Waals surface area contributed by atoms with Crippen LogP contribution < -0.4 is 5.32 Å². The first-order chi connectivity index (χ1) is 10.0. The van der Waals surface area contributed by atoms with Gasteiger partial charge in [0.2, 0.25) is 10.0 Å². The number of hydrogen-bond acceptors (Lipinski definition) is 3. The van der Waals surface area contributed by atoms with Crippen molar-refractivity contribution in [1.29, 1.82) is 0 Å². The van der Waals surface area contributed by atoms with Crippen molar-refractivity contribution < 1.29 is 8.42 Å². The molecule has 118 valence electrons. The molecule has 1 saturated heterocycles. The van der Waals surface area contributed by atoms with E-state index in [9.17, 15) is 8.42 Å². The van der Waals surface area contributed by atoms with Gasteiger partial charge in [0.25, 0.3) is 0 Å². The van der Waals surface area contributed by atoms with Crippen molar-refractivity contribution in [2.45, 2.75) is 50.1 Å². The van der Waals surface area contributed by atoms with Crippen molar-refractivity contribution in [2.75, 3.05) is 13.6 Å². The van der Waals surface area contributed by atoms with Gasteiger partial charge in [-0.3, -0.25) is 0 Å². The predicted octanol–water partition coefficient (Wildman–Crippen LogP) is 3.12. The summed E-state index contributed by atoms with van der Waals surface area (Å²) in [5.41, 5.74) is 0.976. The summed E-state index contributed by atoms with van der Waals surface area (Å²) in [6.07, 6.45) is 3.89. The van der Waals surface area contributed by atoms with Crippen LogP contribution in [0, 0.1) is 0 Å². The molecule has 2 rings (SSSR count). The van der Waals surface area contributed by atoms with Crippen LogP contribution in [0.3, 0.4) is 0 Å². The Hall–Kier alpha value is -0.430. The van der Waals surface area contributed by atoms with Gasteiger partial charge in [-0.1, -0.05) is 19.4 Å². The van der Waals surface area contributed by atoms with Gasteiger partial charge in [-0.2, -0.15) is 4.31 Å². The maximum atomic E-state index is 13.0. The molecule has 0 bridgehead atoms. The minimum atomic E-state index is -3.44. The van der Waals surface area contributed by atoms with Crippen LogP contribution in [0.4, 0.5) is 0 Å². The average molecular weight is 375 g/mol. The second-order valence-corrected chi connectivity index (χ2v) is 8.18. The zero-order valence-corrected chi connectivity index (χ0v) is 15.0. The molecule has 0 saturated carbocycles. The third kappa shape index (κ3) is 3.67. The summed E-state index contributed by atoms with van der Waals surface area (Å²) in [5, 5.41) is 3.06. The Morgan fingerprint density at radius 3 is 2.81 bits per heavy atom. The van der Waals surface area contributed by atoms with E-state index in [0.717, 1.165) is 31.2 Å². The van der Waals surface area contributed by atoms with Gasteiger partial charge in [0.1, 0.15) is 0 Å². The summed E-state index contributed by atoms with van der Waals surface area (Å²) in [4.78, 5) is 0.385. The van der Waals surface area contributed by atoms with Crippen molar-refractivity contribution >= 4 is 26.0 Å². The topological polar surface area (TPSA) is 49.4 Å². The van der Waals surface area contributed by atoms with E-state index >= 15 is 0 Å². The number of benzene rings is 1. The summed E-state index contributed by atoms with van der Waals surface area (Å²) in [5.74, 6) is 0. The first kappa shape index (κ1) is 16.9. The SMILES string of the molecule is CCC1CCCCN1S(=O)(=O)c1cc(CNC)ccc1Br. The highest BCUT2D eigenvalue weighted by molar-refractivity contribution is 9.10. The molecular formula is C15H23BrN2O2S. The largest absolute Gasteiger partial charge is 0.316 e. The van der Waals surface area contributed by atoms with Gasteiger partial charge in [-0.15, -0.1) is 0 Å². The molecule has 1 atom stereocenters. The first-order valence-corrected chi connectivity index (χ1v) is 9.69. The van der Waals surface area contributed by atoms with Crippen LogP contribution in [0.15, 0.2) is 27.6 Å². The van der Waals surface area contributed by atoms with Gasteiger partial charge >= 0.3 is 0 Å². The molecule has 4 nitrogen and oxygen atoms in total. The van der Waals surface area contributed by atoms with Crippen molar-refractivity contribution in [3.05, 3.63) is 28.2 Å². The monoisotopic (exact) mass is 374 g/mol. The normalized spacial score (nSPS) is 20.6. The number of rotatable bonds is 5. The molecule has 1 N–H and O–H groups in total. The second kappa shape index (κ2) is 7.22. The van der Waals surface area contributed by atoms with E-state index in [1.165, 1.54) is 0 Å². The van der Waals surface area contributed by atoms with E-state index in [4.69, 9.17) is 0 Å². The van der Waals surface area contributed by atoms with Crippen molar-refractivity contribution in [1.82, 2.24) is 9.62 Å². The Morgan fingerprint density at radius 1 is 1.38 bits per heavy atom. The average Bonchev–Trinajstić information content (AvgIpc) is 2.49. The number of sulfonamides is 1. The molecule has 0 radical (unpaired) electrons. The standard InChI is InChI=1S/C15H23BrN2O2S/c1-3-13-6-4-5-9-18(13)21(19,20)15-10-12(11-17-2)7-8-14(15)16/h7-8,10,13,17H,3-6,9,11H2,1-2H3. The van der Waals surface area contributed by atoms with Crippen molar-refractivity contribution in [3.63, 3.8) is 0 Å². The lowest BCUT2D eigenvalue weighted by atomic mass is 10.0. The van der Waals surface area contributed by atoms with Gasteiger partial charge in [-0.25, -0.2) is 8.42 Å². The fourth-order valence-electron chi connectivity index (χ4n) is 2.88. The molecule has 0 aliphatic carbocycles. The molecule has 1 fully saturated rings. The molecule has 1 aromatic carbocycles. The van der Waals surface area contributed by atoms with Gasteiger partial charge in [0.05, 0.1) is 4.90 Å². The van der Waals surface area contributed by atoms with E-state index < -0.39 is 10.0 Å². The molecule has 1 aromatic rings. The molecule has 0 amide bonds. The van der Waals surface area contributed by atoms with E-state index in [-0.39, 0.29) is 6.04 Å². The zero-order valence-electron chi connectivity index (χ0n) is 12.6.